The summed E-state index contributed by atoms with van der Waals surface area (Å²) < 4.78 is 0. The number of aryl methyl sites for hydroxylation is 2. The fraction of sp³-hybridized carbons (Fsp3) is 0.136. The Morgan fingerprint density at radius 3 is 2.32 bits per heavy atom. The van der Waals surface area contributed by atoms with Crippen LogP contribution in [0.1, 0.15) is 38.8 Å². The lowest BCUT2D eigenvalue weighted by atomic mass is 10.1. The standard InChI is InChI=1S/C22H20ClN3O2/c1-3-15-6-4-5-7-20(15)26-22(28)17-10-16(12-24-13-17)21(27)25-18-9-8-14(2)19(23)11-18/h4-13H,3H2,1-2H3,(H,25,27)(H,26,28). The van der Waals surface area contributed by atoms with E-state index < -0.39 is 0 Å². The highest BCUT2D eigenvalue weighted by Crippen LogP contribution is 2.21. The summed E-state index contributed by atoms with van der Waals surface area (Å²) in [5.41, 5.74) is 3.88. The highest BCUT2D eigenvalue weighted by Gasteiger charge is 2.13. The SMILES string of the molecule is CCc1ccccc1NC(=O)c1cncc(C(=O)Nc2ccc(C)c(Cl)c2)c1. The summed E-state index contributed by atoms with van der Waals surface area (Å²) in [6.07, 6.45) is 3.65. The first-order valence-corrected chi connectivity index (χ1v) is 9.27. The Balaban J connectivity index is 1.76. The molecular formula is C22H20ClN3O2. The number of nitrogens with one attached hydrogen (secondary N) is 2. The molecule has 0 unspecified atom stereocenters. The Labute approximate surface area is 168 Å². The van der Waals surface area contributed by atoms with Crippen molar-refractivity contribution in [3.63, 3.8) is 0 Å². The lowest BCUT2D eigenvalue weighted by Gasteiger charge is -2.10. The quantitative estimate of drug-likeness (QED) is 0.632. The molecule has 0 aliphatic rings. The van der Waals surface area contributed by atoms with Crippen LogP contribution in [0.25, 0.3) is 0 Å². The minimum Gasteiger partial charge on any atom is -0.322 e. The zero-order valence-corrected chi connectivity index (χ0v) is 16.4. The molecule has 0 aliphatic carbocycles. The minimum atomic E-state index is -0.365. The number of pyridine rings is 1. The maximum atomic E-state index is 12.6. The number of carbonyl (C=O) groups excluding carboxylic acids is 2. The predicted molar refractivity (Wildman–Crippen MR) is 112 cm³/mol. The lowest BCUT2D eigenvalue weighted by molar-refractivity contribution is 0.102. The van der Waals surface area contributed by atoms with Gasteiger partial charge in [-0.1, -0.05) is 42.8 Å². The second kappa shape index (κ2) is 8.67. The van der Waals surface area contributed by atoms with Gasteiger partial charge in [0.1, 0.15) is 0 Å². The van der Waals surface area contributed by atoms with Crippen LogP contribution in [-0.4, -0.2) is 16.8 Å². The van der Waals surface area contributed by atoms with E-state index in [9.17, 15) is 9.59 Å². The fourth-order valence-corrected chi connectivity index (χ4v) is 2.89. The molecule has 28 heavy (non-hydrogen) atoms. The van der Waals surface area contributed by atoms with Crippen LogP contribution >= 0.6 is 11.6 Å². The van der Waals surface area contributed by atoms with Crippen LogP contribution in [0.2, 0.25) is 5.02 Å². The molecule has 0 bridgehead atoms. The van der Waals surface area contributed by atoms with Crippen molar-refractivity contribution < 1.29 is 9.59 Å². The summed E-state index contributed by atoms with van der Waals surface area (Å²) in [6.45, 7) is 3.91. The maximum absolute atomic E-state index is 12.6. The summed E-state index contributed by atoms with van der Waals surface area (Å²) in [7, 11) is 0. The number of aromatic nitrogens is 1. The zero-order chi connectivity index (χ0) is 20.1. The van der Waals surface area contributed by atoms with Crippen LogP contribution in [0.5, 0.6) is 0 Å². The molecule has 0 radical (unpaired) electrons. The Bertz CT molecular complexity index is 1030. The summed E-state index contributed by atoms with van der Waals surface area (Å²) in [4.78, 5) is 29.2. The number of para-hydroxylation sites is 1. The number of benzene rings is 2. The van der Waals surface area contributed by atoms with Crippen LogP contribution in [0.4, 0.5) is 11.4 Å². The average Bonchev–Trinajstić information content (AvgIpc) is 2.71. The number of amides is 2. The number of hydrogen-bond donors (Lipinski definition) is 2. The molecule has 0 fully saturated rings. The van der Waals surface area contributed by atoms with Crippen LogP contribution in [0, 0.1) is 6.92 Å². The van der Waals surface area contributed by atoms with E-state index in [1.165, 1.54) is 18.5 Å². The van der Waals surface area contributed by atoms with Crippen LogP contribution in [-0.2, 0) is 6.42 Å². The van der Waals surface area contributed by atoms with Crippen molar-refractivity contribution in [3.8, 4) is 0 Å². The molecule has 1 aromatic heterocycles. The molecule has 6 heteroatoms. The first kappa shape index (κ1) is 19.6. The van der Waals surface area contributed by atoms with E-state index in [1.807, 2.05) is 44.2 Å². The summed E-state index contributed by atoms with van der Waals surface area (Å²) >= 11 is 6.10. The number of halogens is 1. The second-order valence-corrected chi connectivity index (χ2v) is 6.75. The normalized spacial score (nSPS) is 10.4. The fourth-order valence-electron chi connectivity index (χ4n) is 2.71. The van der Waals surface area contributed by atoms with E-state index >= 15 is 0 Å². The van der Waals surface area contributed by atoms with Gasteiger partial charge in [0.15, 0.2) is 0 Å². The number of anilines is 2. The van der Waals surface area contributed by atoms with Gasteiger partial charge >= 0.3 is 0 Å². The Kier molecular flexibility index (Phi) is 6.06. The van der Waals surface area contributed by atoms with Gasteiger partial charge < -0.3 is 10.6 Å². The maximum Gasteiger partial charge on any atom is 0.257 e. The molecular weight excluding hydrogens is 374 g/mol. The van der Waals surface area contributed by atoms with E-state index in [4.69, 9.17) is 11.6 Å². The van der Waals surface area contributed by atoms with Gasteiger partial charge in [-0.15, -0.1) is 0 Å². The summed E-state index contributed by atoms with van der Waals surface area (Å²) in [6, 6.07) is 14.4. The van der Waals surface area contributed by atoms with E-state index in [1.54, 1.807) is 12.1 Å². The topological polar surface area (TPSA) is 71.1 Å². The van der Waals surface area contributed by atoms with Gasteiger partial charge in [-0.05, 0) is 48.7 Å². The Morgan fingerprint density at radius 2 is 1.64 bits per heavy atom. The van der Waals surface area contributed by atoms with Crippen LogP contribution in [0.3, 0.4) is 0 Å². The summed E-state index contributed by atoms with van der Waals surface area (Å²) in [5.74, 6) is -0.683. The van der Waals surface area contributed by atoms with Gasteiger partial charge in [0.05, 0.1) is 11.1 Å². The van der Waals surface area contributed by atoms with Gasteiger partial charge in [0.25, 0.3) is 11.8 Å². The van der Waals surface area contributed by atoms with Crippen molar-refractivity contribution in [1.29, 1.82) is 0 Å². The van der Waals surface area contributed by atoms with Gasteiger partial charge in [0.2, 0.25) is 0 Å². The first-order valence-electron chi connectivity index (χ1n) is 8.89. The largest absolute Gasteiger partial charge is 0.322 e. The predicted octanol–water partition coefficient (Wildman–Crippen LogP) is 5.11. The number of hydrogen-bond acceptors (Lipinski definition) is 3. The molecule has 0 atom stereocenters. The smallest absolute Gasteiger partial charge is 0.257 e. The van der Waals surface area contributed by atoms with Gasteiger partial charge in [0, 0.05) is 28.8 Å². The Morgan fingerprint density at radius 1 is 0.964 bits per heavy atom. The van der Waals surface area contributed by atoms with Crippen molar-refractivity contribution in [2.24, 2.45) is 0 Å². The molecule has 5 nitrogen and oxygen atoms in total. The third kappa shape index (κ3) is 4.56. The van der Waals surface area contributed by atoms with Crippen molar-refractivity contribution in [3.05, 3.63) is 88.2 Å². The van der Waals surface area contributed by atoms with Crippen LogP contribution in [0.15, 0.2) is 60.9 Å². The third-order valence-electron chi connectivity index (χ3n) is 4.34. The van der Waals surface area contributed by atoms with Gasteiger partial charge in [-0.3, -0.25) is 14.6 Å². The molecule has 3 rings (SSSR count). The van der Waals surface area contributed by atoms with E-state index in [0.29, 0.717) is 16.3 Å². The highest BCUT2D eigenvalue weighted by atomic mass is 35.5. The molecule has 0 saturated carbocycles. The molecule has 2 aromatic carbocycles. The van der Waals surface area contributed by atoms with E-state index in [2.05, 4.69) is 15.6 Å². The molecule has 142 valence electrons. The van der Waals surface area contributed by atoms with E-state index in [0.717, 1.165) is 23.2 Å². The van der Waals surface area contributed by atoms with Gasteiger partial charge in [-0.2, -0.15) is 0 Å². The summed E-state index contributed by atoms with van der Waals surface area (Å²) in [5, 5.41) is 6.21. The average molecular weight is 394 g/mol. The molecule has 1 heterocycles. The lowest BCUT2D eigenvalue weighted by Crippen LogP contribution is -2.16. The van der Waals surface area contributed by atoms with Crippen molar-refractivity contribution >= 4 is 34.8 Å². The van der Waals surface area contributed by atoms with E-state index in [-0.39, 0.29) is 17.4 Å². The van der Waals surface area contributed by atoms with Crippen molar-refractivity contribution in [1.82, 2.24) is 4.98 Å². The molecule has 3 aromatic rings. The molecule has 2 N–H and O–H groups in total. The monoisotopic (exact) mass is 393 g/mol. The number of carbonyl (C=O) groups is 2. The van der Waals surface area contributed by atoms with Crippen molar-refractivity contribution in [2.45, 2.75) is 20.3 Å². The number of nitrogens with zero attached hydrogens (tertiary/aromatic N) is 1. The van der Waals surface area contributed by atoms with Crippen molar-refractivity contribution in [2.75, 3.05) is 10.6 Å². The minimum absolute atomic E-state index is 0.285. The highest BCUT2D eigenvalue weighted by molar-refractivity contribution is 6.31. The molecule has 0 saturated heterocycles. The molecule has 0 spiro atoms. The Hall–Kier alpha value is -3.18. The zero-order valence-electron chi connectivity index (χ0n) is 15.6. The first-order chi connectivity index (χ1) is 13.5. The molecule has 2 amide bonds. The van der Waals surface area contributed by atoms with Gasteiger partial charge in [-0.25, -0.2) is 0 Å². The van der Waals surface area contributed by atoms with Crippen LogP contribution < -0.4 is 10.6 Å². The molecule has 0 aliphatic heterocycles. The second-order valence-electron chi connectivity index (χ2n) is 6.35. The number of rotatable bonds is 5. The third-order valence-corrected chi connectivity index (χ3v) is 4.75.